The Morgan fingerprint density at radius 1 is 1.21 bits per heavy atom. The molecule has 5 nitrogen and oxygen atoms in total. The minimum absolute atomic E-state index is 0.153. The molecule has 2 amide bonds. The summed E-state index contributed by atoms with van der Waals surface area (Å²) >= 11 is 11.6. The number of urea groups is 1. The Hall–Kier alpha value is -1.46. The molecule has 0 heterocycles. The lowest BCUT2D eigenvalue weighted by Crippen LogP contribution is -2.49. The number of amides is 2. The Morgan fingerprint density at radius 2 is 1.84 bits per heavy atom. The van der Waals surface area contributed by atoms with E-state index in [4.69, 9.17) is 28.6 Å². The average Bonchev–Trinajstić information content (AvgIpc) is 2.20. The largest absolute Gasteiger partial charge is 0.333 e. The van der Waals surface area contributed by atoms with Crippen molar-refractivity contribution >= 4 is 40.9 Å². The minimum atomic E-state index is -0.454. The van der Waals surface area contributed by atoms with Gasteiger partial charge >= 0.3 is 6.03 Å². The molecule has 0 atom stereocenters. The molecule has 4 N–H and O–H groups in total. The van der Waals surface area contributed by atoms with Gasteiger partial charge in [0, 0.05) is 11.2 Å². The van der Waals surface area contributed by atoms with Gasteiger partial charge in [0.25, 0.3) is 0 Å². The van der Waals surface area contributed by atoms with Crippen molar-refractivity contribution in [3.8, 4) is 0 Å². The van der Waals surface area contributed by atoms with Gasteiger partial charge in [-0.05, 0) is 39.0 Å². The van der Waals surface area contributed by atoms with Crippen LogP contribution in [-0.4, -0.2) is 17.5 Å². The van der Waals surface area contributed by atoms with Crippen molar-refractivity contribution in [2.24, 2.45) is 0 Å². The quantitative estimate of drug-likeness (QED) is 0.474. The molecule has 0 fully saturated rings. The van der Waals surface area contributed by atoms with E-state index in [0.29, 0.717) is 15.7 Å². The first-order chi connectivity index (χ1) is 8.67. The molecule has 0 radical (unpaired) electrons. The smallest absolute Gasteiger partial charge is 0.321 e. The molecule has 19 heavy (non-hydrogen) atoms. The molecule has 104 valence electrons. The second-order valence-electron chi connectivity index (χ2n) is 4.96. The number of carbonyl (C=O) groups is 1. The van der Waals surface area contributed by atoms with Crippen LogP contribution in [0.2, 0.25) is 10.0 Å². The fourth-order valence-corrected chi connectivity index (χ4v) is 1.53. The SMILES string of the molecule is CC(C)(C)NC(=O)NC(=N)Nc1ccc(Cl)c(Cl)c1. The monoisotopic (exact) mass is 302 g/mol. The number of halogens is 2. The number of benzene rings is 1. The zero-order chi connectivity index (χ0) is 14.6. The molecule has 0 bridgehead atoms. The van der Waals surface area contributed by atoms with E-state index in [1.54, 1.807) is 18.2 Å². The molecular formula is C12H16Cl2N4O. The highest BCUT2D eigenvalue weighted by molar-refractivity contribution is 6.42. The zero-order valence-corrected chi connectivity index (χ0v) is 12.4. The molecule has 7 heteroatoms. The summed E-state index contributed by atoms with van der Waals surface area (Å²) in [6.45, 7) is 5.55. The fourth-order valence-electron chi connectivity index (χ4n) is 1.23. The Morgan fingerprint density at radius 3 is 2.37 bits per heavy atom. The summed E-state index contributed by atoms with van der Waals surface area (Å²) in [5, 5.41) is 16.2. The number of hydrogen-bond donors (Lipinski definition) is 4. The molecule has 0 spiro atoms. The average molecular weight is 303 g/mol. The van der Waals surface area contributed by atoms with Gasteiger partial charge in [-0.15, -0.1) is 0 Å². The first-order valence-electron chi connectivity index (χ1n) is 5.57. The van der Waals surface area contributed by atoms with Crippen molar-refractivity contribution in [1.29, 1.82) is 5.41 Å². The van der Waals surface area contributed by atoms with Crippen LogP contribution in [-0.2, 0) is 0 Å². The first-order valence-corrected chi connectivity index (χ1v) is 6.33. The van der Waals surface area contributed by atoms with Crippen LogP contribution in [0.25, 0.3) is 0 Å². The molecule has 0 aromatic heterocycles. The topological polar surface area (TPSA) is 77.0 Å². The predicted octanol–water partition coefficient (Wildman–Crippen LogP) is 3.44. The summed E-state index contributed by atoms with van der Waals surface area (Å²) in [7, 11) is 0. The highest BCUT2D eigenvalue weighted by Crippen LogP contribution is 2.24. The number of carbonyl (C=O) groups excluding carboxylic acids is 1. The molecule has 0 aliphatic carbocycles. The van der Waals surface area contributed by atoms with Crippen LogP contribution in [0.4, 0.5) is 10.5 Å². The summed E-state index contributed by atoms with van der Waals surface area (Å²) < 4.78 is 0. The molecule has 0 aliphatic rings. The highest BCUT2D eigenvalue weighted by atomic mass is 35.5. The number of anilines is 1. The first kappa shape index (κ1) is 15.6. The zero-order valence-electron chi connectivity index (χ0n) is 10.9. The molecule has 1 rings (SSSR count). The van der Waals surface area contributed by atoms with E-state index < -0.39 is 6.03 Å². The Balaban J connectivity index is 2.56. The van der Waals surface area contributed by atoms with Crippen LogP contribution in [0.1, 0.15) is 20.8 Å². The normalized spacial score (nSPS) is 10.8. The Bertz CT molecular complexity index is 497. The van der Waals surface area contributed by atoms with Gasteiger partial charge in [0.05, 0.1) is 10.0 Å². The fraction of sp³-hybridized carbons (Fsp3) is 0.333. The molecule has 0 aliphatic heterocycles. The van der Waals surface area contributed by atoms with Crippen LogP contribution in [0.15, 0.2) is 18.2 Å². The Kier molecular flexibility index (Phi) is 5.03. The van der Waals surface area contributed by atoms with E-state index in [2.05, 4.69) is 16.0 Å². The highest BCUT2D eigenvalue weighted by Gasteiger charge is 2.14. The van der Waals surface area contributed by atoms with Crippen molar-refractivity contribution in [1.82, 2.24) is 10.6 Å². The molecule has 0 saturated carbocycles. The van der Waals surface area contributed by atoms with E-state index in [1.807, 2.05) is 20.8 Å². The maximum atomic E-state index is 11.5. The summed E-state index contributed by atoms with van der Waals surface area (Å²) in [6.07, 6.45) is 0. The lowest BCUT2D eigenvalue weighted by molar-refractivity contribution is 0.236. The van der Waals surface area contributed by atoms with Crippen LogP contribution >= 0.6 is 23.2 Å². The summed E-state index contributed by atoms with van der Waals surface area (Å²) in [5.41, 5.74) is 0.198. The van der Waals surface area contributed by atoms with Gasteiger partial charge in [0.2, 0.25) is 5.96 Å². The van der Waals surface area contributed by atoms with E-state index in [1.165, 1.54) is 0 Å². The van der Waals surface area contributed by atoms with Crippen molar-refractivity contribution in [3.05, 3.63) is 28.2 Å². The maximum absolute atomic E-state index is 11.5. The molecular weight excluding hydrogens is 287 g/mol. The van der Waals surface area contributed by atoms with Crippen molar-refractivity contribution < 1.29 is 4.79 Å². The summed E-state index contributed by atoms with van der Waals surface area (Å²) in [4.78, 5) is 11.5. The van der Waals surface area contributed by atoms with E-state index >= 15 is 0 Å². The minimum Gasteiger partial charge on any atom is -0.333 e. The van der Waals surface area contributed by atoms with Crippen LogP contribution < -0.4 is 16.0 Å². The van der Waals surface area contributed by atoms with Gasteiger partial charge < -0.3 is 10.6 Å². The molecule has 0 saturated heterocycles. The van der Waals surface area contributed by atoms with E-state index in [0.717, 1.165) is 0 Å². The van der Waals surface area contributed by atoms with E-state index in [-0.39, 0.29) is 11.5 Å². The lowest BCUT2D eigenvalue weighted by atomic mass is 10.1. The number of guanidine groups is 1. The second-order valence-corrected chi connectivity index (χ2v) is 5.77. The molecule has 0 unspecified atom stereocenters. The van der Waals surface area contributed by atoms with Crippen molar-refractivity contribution in [2.45, 2.75) is 26.3 Å². The lowest BCUT2D eigenvalue weighted by Gasteiger charge is -2.21. The Labute approximate surface area is 122 Å². The maximum Gasteiger partial charge on any atom is 0.321 e. The molecule has 1 aromatic rings. The number of hydrogen-bond acceptors (Lipinski definition) is 2. The summed E-state index contributed by atoms with van der Waals surface area (Å²) in [5.74, 6) is -0.153. The third-order valence-electron chi connectivity index (χ3n) is 1.92. The molecule has 1 aromatic carbocycles. The van der Waals surface area contributed by atoms with Crippen LogP contribution in [0.3, 0.4) is 0 Å². The van der Waals surface area contributed by atoms with Crippen LogP contribution in [0.5, 0.6) is 0 Å². The van der Waals surface area contributed by atoms with E-state index in [9.17, 15) is 4.79 Å². The van der Waals surface area contributed by atoms with Gasteiger partial charge in [-0.1, -0.05) is 23.2 Å². The van der Waals surface area contributed by atoms with Gasteiger partial charge in [-0.3, -0.25) is 10.7 Å². The number of rotatable bonds is 1. The second kappa shape index (κ2) is 6.12. The van der Waals surface area contributed by atoms with Gasteiger partial charge in [-0.25, -0.2) is 4.79 Å². The van der Waals surface area contributed by atoms with Crippen LogP contribution in [0, 0.1) is 5.41 Å². The standard InChI is InChI=1S/C12H16Cl2N4O/c1-12(2,3)18-11(19)17-10(15)16-7-4-5-8(13)9(14)6-7/h4-6H,1-3H3,(H4,15,16,17,18,19). The number of nitrogens with one attached hydrogen (secondary N) is 4. The third-order valence-corrected chi connectivity index (χ3v) is 2.66. The van der Waals surface area contributed by atoms with Crippen molar-refractivity contribution in [3.63, 3.8) is 0 Å². The summed E-state index contributed by atoms with van der Waals surface area (Å²) in [6, 6.07) is 4.38. The van der Waals surface area contributed by atoms with Crippen molar-refractivity contribution in [2.75, 3.05) is 5.32 Å². The van der Waals surface area contributed by atoms with Gasteiger partial charge in [0.15, 0.2) is 0 Å². The van der Waals surface area contributed by atoms with Gasteiger partial charge in [0.1, 0.15) is 0 Å². The third kappa shape index (κ3) is 5.81. The van der Waals surface area contributed by atoms with Gasteiger partial charge in [-0.2, -0.15) is 0 Å². The predicted molar refractivity (Wildman–Crippen MR) is 79.2 cm³/mol.